The second-order valence-corrected chi connectivity index (χ2v) is 14.0. The van der Waals surface area contributed by atoms with Crippen molar-refractivity contribution in [2.24, 2.45) is 32.9 Å². The van der Waals surface area contributed by atoms with Crippen molar-refractivity contribution in [3.05, 3.63) is 35.4 Å². The van der Waals surface area contributed by atoms with Gasteiger partial charge in [0, 0.05) is 52.4 Å². The summed E-state index contributed by atoms with van der Waals surface area (Å²) in [7, 11) is 5.13. The van der Waals surface area contributed by atoms with Crippen molar-refractivity contribution in [1.82, 2.24) is 19.6 Å². The highest BCUT2D eigenvalue weighted by Gasteiger charge is 2.20. The van der Waals surface area contributed by atoms with Gasteiger partial charge in [-0.15, -0.1) is 0 Å². The van der Waals surface area contributed by atoms with E-state index >= 15 is 0 Å². The third-order valence-corrected chi connectivity index (χ3v) is 9.04. The highest BCUT2D eigenvalue weighted by molar-refractivity contribution is 7.79. The highest BCUT2D eigenvalue weighted by Crippen LogP contribution is 2.39. The Hall–Kier alpha value is -4.51. The maximum atomic E-state index is 8.74. The molecule has 20 nitrogen and oxygen atoms in total. The average Bonchev–Trinajstić information content (AvgIpc) is 3.53. The van der Waals surface area contributed by atoms with Crippen LogP contribution in [0.15, 0.2) is 34.3 Å². The van der Waals surface area contributed by atoms with Gasteiger partial charge in [0.25, 0.3) is 0 Å². The van der Waals surface area contributed by atoms with Gasteiger partial charge in [0.05, 0.1) is 55.7 Å². The molecule has 2 aliphatic rings. The molecule has 2 saturated heterocycles. The number of aliphatic imine (C=N–C) groups is 2. The van der Waals surface area contributed by atoms with Crippen molar-refractivity contribution >= 4 is 22.3 Å². The zero-order chi connectivity index (χ0) is 42.4. The predicted octanol–water partition coefficient (Wildman–Crippen LogP) is 0.334. The van der Waals surface area contributed by atoms with Crippen molar-refractivity contribution < 1.29 is 45.9 Å². The largest absolute Gasteiger partial charge is 0.493 e. The van der Waals surface area contributed by atoms with E-state index in [2.05, 4.69) is 29.6 Å². The number of guanidine groups is 2. The Labute approximate surface area is 337 Å². The maximum absolute atomic E-state index is 8.74. The fourth-order valence-electron chi connectivity index (χ4n) is 6.42. The van der Waals surface area contributed by atoms with E-state index in [9.17, 15) is 0 Å². The lowest BCUT2D eigenvalue weighted by Gasteiger charge is -2.22. The van der Waals surface area contributed by atoms with Crippen LogP contribution < -0.4 is 51.4 Å². The first-order valence-corrected chi connectivity index (χ1v) is 19.8. The topological polar surface area (TPSA) is 272 Å². The smallest absolute Gasteiger partial charge is 0.394 e. The van der Waals surface area contributed by atoms with Gasteiger partial charge in [0.1, 0.15) is 0 Å². The zero-order valence-corrected chi connectivity index (χ0v) is 35.0. The molecule has 0 aliphatic carbocycles. The Morgan fingerprint density at radius 3 is 1.09 bits per heavy atom. The standard InChI is InChI=1S/2C18H31N5O3.H2O4S/c2*1-24-15-11-14(12-16(25-2)17(15)26-3)13-23-7-4-6-22(9-10-23)8-5-21-18(19)20;1-5(2,3)4/h2*11-12H,4-10,13H2,1-3H3,(H4,19,20,21);(H2,1,2,3,4). The molecule has 0 amide bonds. The Kier molecular flexibility index (Phi) is 21.9. The maximum Gasteiger partial charge on any atom is 0.394 e. The average molecular weight is 829 g/mol. The Bertz CT molecular complexity index is 1500. The molecular formula is C36H64N10O10S. The molecule has 57 heavy (non-hydrogen) atoms. The quantitative estimate of drug-likeness (QED) is 0.0756. The van der Waals surface area contributed by atoms with Gasteiger partial charge in [-0.1, -0.05) is 0 Å². The number of ether oxygens (including phenoxy) is 6. The van der Waals surface area contributed by atoms with Gasteiger partial charge in [-0.2, -0.15) is 8.42 Å². The molecule has 0 saturated carbocycles. The summed E-state index contributed by atoms with van der Waals surface area (Å²) in [6.07, 6.45) is 2.23. The second kappa shape index (κ2) is 25.7. The molecule has 2 heterocycles. The van der Waals surface area contributed by atoms with E-state index in [4.69, 9.17) is 68.9 Å². The van der Waals surface area contributed by atoms with Gasteiger partial charge in [0.2, 0.25) is 11.5 Å². The first-order chi connectivity index (χ1) is 27.1. The van der Waals surface area contributed by atoms with Gasteiger partial charge < -0.3 is 61.2 Å². The lowest BCUT2D eigenvalue weighted by molar-refractivity contribution is 0.254. The summed E-state index contributed by atoms with van der Waals surface area (Å²) in [6, 6.07) is 8.07. The number of benzene rings is 2. The van der Waals surface area contributed by atoms with Crippen LogP contribution >= 0.6 is 0 Å². The number of nitrogens with zero attached hydrogens (tertiary/aromatic N) is 6. The zero-order valence-electron chi connectivity index (χ0n) is 34.2. The van der Waals surface area contributed by atoms with E-state index in [1.54, 1.807) is 42.7 Å². The molecule has 0 bridgehead atoms. The van der Waals surface area contributed by atoms with Crippen LogP contribution in [0.3, 0.4) is 0 Å². The van der Waals surface area contributed by atoms with E-state index in [0.29, 0.717) is 47.6 Å². The lowest BCUT2D eigenvalue weighted by Crippen LogP contribution is -2.33. The van der Waals surface area contributed by atoms with Crippen molar-refractivity contribution in [2.45, 2.75) is 25.9 Å². The van der Waals surface area contributed by atoms with Gasteiger partial charge in [-0.3, -0.25) is 28.9 Å². The van der Waals surface area contributed by atoms with Crippen LogP contribution in [-0.2, 0) is 23.5 Å². The van der Waals surface area contributed by atoms with Crippen LogP contribution in [-0.4, -0.2) is 170 Å². The molecule has 0 aromatic heterocycles. The monoisotopic (exact) mass is 828 g/mol. The summed E-state index contributed by atoms with van der Waals surface area (Å²) in [6.45, 7) is 13.0. The first-order valence-electron chi connectivity index (χ1n) is 18.4. The van der Waals surface area contributed by atoms with Gasteiger partial charge in [-0.25, -0.2) is 0 Å². The summed E-state index contributed by atoms with van der Waals surface area (Å²) in [4.78, 5) is 17.8. The molecule has 2 aliphatic heterocycles. The fourth-order valence-corrected chi connectivity index (χ4v) is 6.42. The summed E-state index contributed by atoms with van der Waals surface area (Å²) in [5.41, 5.74) is 23.8. The molecule has 0 atom stereocenters. The number of hydrogen-bond donors (Lipinski definition) is 6. The van der Waals surface area contributed by atoms with E-state index < -0.39 is 10.4 Å². The number of nitrogens with two attached hydrogens (primary N) is 4. The van der Waals surface area contributed by atoms with Crippen LogP contribution in [0.5, 0.6) is 34.5 Å². The molecule has 0 unspecified atom stereocenters. The third kappa shape index (κ3) is 19.0. The lowest BCUT2D eigenvalue weighted by atomic mass is 10.1. The highest BCUT2D eigenvalue weighted by atomic mass is 32.3. The molecule has 4 rings (SSSR count). The van der Waals surface area contributed by atoms with Crippen molar-refractivity contribution in [3.63, 3.8) is 0 Å². The van der Waals surface area contributed by atoms with E-state index in [-0.39, 0.29) is 11.9 Å². The molecule has 0 radical (unpaired) electrons. The van der Waals surface area contributed by atoms with Gasteiger partial charge >= 0.3 is 10.4 Å². The summed E-state index contributed by atoms with van der Waals surface area (Å²) in [5, 5.41) is 0. The van der Waals surface area contributed by atoms with Gasteiger partial charge in [0.15, 0.2) is 34.9 Å². The number of methoxy groups -OCH3 is 6. The van der Waals surface area contributed by atoms with Crippen LogP contribution in [0.2, 0.25) is 0 Å². The SMILES string of the molecule is COc1cc(CN2CCCN(CCN=C(N)N)CC2)cc(OC)c1OC.COc1cc(CN2CCCN(CCN=C(N)N)CC2)cc(OC)c1OC.O=S(=O)(O)O. The minimum absolute atomic E-state index is 0.156. The van der Waals surface area contributed by atoms with Crippen LogP contribution in [0.4, 0.5) is 0 Å². The molecular weight excluding hydrogens is 765 g/mol. The number of hydrogen-bond acceptors (Lipinski definition) is 14. The minimum atomic E-state index is -4.67. The van der Waals surface area contributed by atoms with Crippen LogP contribution in [0.1, 0.15) is 24.0 Å². The second-order valence-electron chi connectivity index (χ2n) is 13.1. The Balaban J connectivity index is 0.000000352. The fraction of sp³-hybridized carbons (Fsp3) is 0.611. The van der Waals surface area contributed by atoms with Crippen molar-refractivity contribution in [2.75, 3.05) is 121 Å². The van der Waals surface area contributed by atoms with E-state index in [1.165, 1.54) is 0 Å². The third-order valence-electron chi connectivity index (χ3n) is 9.04. The Morgan fingerprint density at radius 2 is 0.825 bits per heavy atom. The molecule has 2 aromatic rings. The van der Waals surface area contributed by atoms with Crippen LogP contribution in [0.25, 0.3) is 0 Å². The summed E-state index contributed by atoms with van der Waals surface area (Å²) >= 11 is 0. The summed E-state index contributed by atoms with van der Waals surface area (Å²) < 4.78 is 64.2. The molecule has 2 aromatic carbocycles. The van der Waals surface area contributed by atoms with E-state index in [1.807, 2.05) is 24.3 Å². The molecule has 21 heteroatoms. The normalized spacial score (nSPS) is 15.6. The van der Waals surface area contributed by atoms with Crippen molar-refractivity contribution in [3.8, 4) is 34.5 Å². The minimum Gasteiger partial charge on any atom is -0.493 e. The van der Waals surface area contributed by atoms with E-state index in [0.717, 1.165) is 103 Å². The summed E-state index contributed by atoms with van der Waals surface area (Å²) in [5.74, 6) is 4.32. The van der Waals surface area contributed by atoms with Gasteiger partial charge in [-0.05, 0) is 74.4 Å². The first kappa shape index (κ1) is 48.6. The molecule has 10 N–H and O–H groups in total. The van der Waals surface area contributed by atoms with Crippen molar-refractivity contribution in [1.29, 1.82) is 0 Å². The Morgan fingerprint density at radius 1 is 0.544 bits per heavy atom. The predicted molar refractivity (Wildman–Crippen MR) is 220 cm³/mol. The number of rotatable bonds is 16. The molecule has 0 spiro atoms. The van der Waals surface area contributed by atoms with Crippen LogP contribution in [0, 0.1) is 0 Å². The molecule has 324 valence electrons. The molecule has 2 fully saturated rings.